The summed E-state index contributed by atoms with van der Waals surface area (Å²) in [5.74, 6) is -0.591. The third-order valence-electron chi connectivity index (χ3n) is 5.52. The van der Waals surface area contributed by atoms with Crippen molar-refractivity contribution in [1.29, 1.82) is 0 Å². The molecule has 2 fully saturated rings. The highest BCUT2D eigenvalue weighted by Crippen LogP contribution is 2.39. The molecule has 1 unspecified atom stereocenters. The lowest BCUT2D eigenvalue weighted by molar-refractivity contribution is -0.118. The SMILES string of the molecule is NC(=O)C1[C]CCc2cc(CN3C4CCC3CC4)ccc21. The Morgan fingerprint density at radius 3 is 2.62 bits per heavy atom. The lowest BCUT2D eigenvalue weighted by Gasteiger charge is -2.25. The van der Waals surface area contributed by atoms with E-state index < -0.39 is 0 Å². The molecule has 2 saturated heterocycles. The summed E-state index contributed by atoms with van der Waals surface area (Å²) in [5, 5.41) is 0. The fourth-order valence-electron chi connectivity index (χ4n) is 4.46. The van der Waals surface area contributed by atoms with Crippen molar-refractivity contribution < 1.29 is 4.79 Å². The maximum atomic E-state index is 11.5. The third-order valence-corrected chi connectivity index (χ3v) is 5.52. The molecule has 4 rings (SSSR count). The van der Waals surface area contributed by atoms with Crippen molar-refractivity contribution in [2.75, 3.05) is 0 Å². The molecule has 0 aromatic heterocycles. The summed E-state index contributed by atoms with van der Waals surface area (Å²) in [5.41, 5.74) is 9.24. The number of hydrogen-bond acceptors (Lipinski definition) is 2. The Morgan fingerprint density at radius 1 is 1.24 bits per heavy atom. The lowest BCUT2D eigenvalue weighted by atomic mass is 9.81. The van der Waals surface area contributed by atoms with Gasteiger partial charge in [-0.05, 0) is 55.2 Å². The normalized spacial score (nSPS) is 31.3. The molecular weight excluding hydrogens is 260 g/mol. The average molecular weight is 282 g/mol. The van der Waals surface area contributed by atoms with Crippen LogP contribution in [0.3, 0.4) is 0 Å². The van der Waals surface area contributed by atoms with Crippen molar-refractivity contribution in [1.82, 2.24) is 4.90 Å². The first-order valence-electron chi connectivity index (χ1n) is 8.12. The number of carbonyl (C=O) groups excluding carboxylic acids is 1. The van der Waals surface area contributed by atoms with Crippen molar-refractivity contribution in [3.05, 3.63) is 41.3 Å². The molecule has 2 N–H and O–H groups in total. The van der Waals surface area contributed by atoms with E-state index in [-0.39, 0.29) is 11.8 Å². The highest BCUT2D eigenvalue weighted by atomic mass is 16.1. The van der Waals surface area contributed by atoms with Crippen molar-refractivity contribution in [3.63, 3.8) is 0 Å². The second-order valence-electron chi connectivity index (χ2n) is 6.71. The van der Waals surface area contributed by atoms with E-state index in [1.807, 2.05) is 0 Å². The van der Waals surface area contributed by atoms with E-state index in [0.29, 0.717) is 0 Å². The van der Waals surface area contributed by atoms with E-state index in [2.05, 4.69) is 29.5 Å². The Hall–Kier alpha value is -1.35. The fourth-order valence-corrected chi connectivity index (χ4v) is 4.46. The van der Waals surface area contributed by atoms with Crippen LogP contribution < -0.4 is 5.73 Å². The van der Waals surface area contributed by atoms with Crippen molar-refractivity contribution in [3.8, 4) is 0 Å². The number of hydrogen-bond donors (Lipinski definition) is 1. The predicted octanol–water partition coefficient (Wildman–Crippen LogP) is 2.41. The van der Waals surface area contributed by atoms with Gasteiger partial charge in [0.1, 0.15) is 0 Å². The lowest BCUT2D eigenvalue weighted by Crippen LogP contribution is -2.28. The first-order valence-corrected chi connectivity index (χ1v) is 8.12. The molecule has 0 saturated carbocycles. The maximum Gasteiger partial charge on any atom is 0.225 e. The molecule has 3 nitrogen and oxygen atoms in total. The topological polar surface area (TPSA) is 46.3 Å². The van der Waals surface area contributed by atoms with Gasteiger partial charge in [-0.1, -0.05) is 18.2 Å². The molecule has 1 atom stereocenters. The zero-order valence-electron chi connectivity index (χ0n) is 12.3. The van der Waals surface area contributed by atoms with Gasteiger partial charge in [0.2, 0.25) is 5.91 Å². The van der Waals surface area contributed by atoms with Gasteiger partial charge in [0.15, 0.2) is 0 Å². The Labute approximate surface area is 126 Å². The van der Waals surface area contributed by atoms with Crippen LogP contribution in [-0.2, 0) is 17.8 Å². The van der Waals surface area contributed by atoms with Crippen LogP contribution in [0, 0.1) is 6.42 Å². The third kappa shape index (κ3) is 2.28. The van der Waals surface area contributed by atoms with Gasteiger partial charge in [0.25, 0.3) is 0 Å². The quantitative estimate of drug-likeness (QED) is 0.925. The molecule has 1 aliphatic carbocycles. The standard InChI is InChI=1S/C18H22N2O/c19-18(21)17-3-1-2-13-10-12(4-9-16(13)17)11-20-14-5-6-15(20)8-7-14/h4,9-10,14-15,17H,1-2,5-8,11H2,(H2,19,21). The largest absolute Gasteiger partial charge is 0.369 e. The van der Waals surface area contributed by atoms with E-state index in [9.17, 15) is 4.79 Å². The van der Waals surface area contributed by atoms with E-state index in [1.165, 1.54) is 36.8 Å². The minimum absolute atomic E-state index is 0.277. The number of carbonyl (C=O) groups is 1. The summed E-state index contributed by atoms with van der Waals surface area (Å²) >= 11 is 0. The van der Waals surface area contributed by atoms with Crippen LogP contribution in [-0.4, -0.2) is 22.9 Å². The minimum atomic E-state index is -0.314. The van der Waals surface area contributed by atoms with Gasteiger partial charge in [-0.3, -0.25) is 9.69 Å². The minimum Gasteiger partial charge on any atom is -0.369 e. The van der Waals surface area contributed by atoms with Crippen molar-refractivity contribution in [2.24, 2.45) is 5.73 Å². The van der Waals surface area contributed by atoms with Crippen LogP contribution >= 0.6 is 0 Å². The summed E-state index contributed by atoms with van der Waals surface area (Å²) in [6.07, 6.45) is 10.5. The van der Waals surface area contributed by atoms with Crippen LogP contribution in [0.1, 0.15) is 54.7 Å². The molecule has 21 heavy (non-hydrogen) atoms. The second-order valence-corrected chi connectivity index (χ2v) is 6.71. The van der Waals surface area contributed by atoms with Gasteiger partial charge in [0.05, 0.1) is 5.92 Å². The molecule has 2 aliphatic heterocycles. The maximum absolute atomic E-state index is 11.5. The number of fused-ring (bicyclic) bond motifs is 3. The Kier molecular flexibility index (Phi) is 3.26. The van der Waals surface area contributed by atoms with Gasteiger partial charge in [-0.25, -0.2) is 0 Å². The number of benzene rings is 1. The van der Waals surface area contributed by atoms with Gasteiger partial charge in [0, 0.05) is 25.0 Å². The second kappa shape index (κ2) is 5.13. The molecule has 2 bridgehead atoms. The first kappa shape index (κ1) is 13.3. The monoisotopic (exact) mass is 282 g/mol. The molecule has 3 heteroatoms. The number of aryl methyl sites for hydroxylation is 1. The number of primary amides is 1. The van der Waals surface area contributed by atoms with Crippen LogP contribution in [0.25, 0.3) is 0 Å². The van der Waals surface area contributed by atoms with Crippen molar-refractivity contribution in [2.45, 2.75) is 63.1 Å². The van der Waals surface area contributed by atoms with E-state index in [1.54, 1.807) is 0 Å². The van der Waals surface area contributed by atoms with Crippen molar-refractivity contribution >= 4 is 5.91 Å². The summed E-state index contributed by atoms with van der Waals surface area (Å²) in [4.78, 5) is 14.2. The first-order chi connectivity index (χ1) is 10.2. The van der Waals surface area contributed by atoms with Gasteiger partial charge in [-0.2, -0.15) is 0 Å². The van der Waals surface area contributed by atoms with E-state index in [0.717, 1.165) is 37.0 Å². The fraction of sp³-hybridized carbons (Fsp3) is 0.556. The average Bonchev–Trinajstić information content (AvgIpc) is 3.06. The van der Waals surface area contributed by atoms with Crippen LogP contribution in [0.15, 0.2) is 18.2 Å². The van der Waals surface area contributed by atoms with Crippen LogP contribution in [0.2, 0.25) is 0 Å². The molecule has 2 heterocycles. The molecule has 1 amide bonds. The van der Waals surface area contributed by atoms with E-state index >= 15 is 0 Å². The number of nitrogens with two attached hydrogens (primary N) is 1. The molecule has 110 valence electrons. The molecule has 1 aromatic carbocycles. The Balaban J connectivity index is 1.57. The zero-order chi connectivity index (χ0) is 14.4. The smallest absolute Gasteiger partial charge is 0.225 e. The van der Waals surface area contributed by atoms with Crippen LogP contribution in [0.4, 0.5) is 0 Å². The molecular formula is C18H22N2O. The Morgan fingerprint density at radius 2 is 1.95 bits per heavy atom. The van der Waals surface area contributed by atoms with Crippen LogP contribution in [0.5, 0.6) is 0 Å². The predicted molar refractivity (Wildman–Crippen MR) is 81.5 cm³/mol. The number of nitrogens with zero attached hydrogens (tertiary/aromatic N) is 1. The molecule has 3 aliphatic rings. The summed E-state index contributed by atoms with van der Waals surface area (Å²) in [6, 6.07) is 8.20. The highest BCUT2D eigenvalue weighted by molar-refractivity contribution is 5.84. The molecule has 0 spiro atoms. The zero-order valence-corrected chi connectivity index (χ0v) is 12.3. The Bertz CT molecular complexity index is 548. The molecule has 2 radical (unpaired) electrons. The summed E-state index contributed by atoms with van der Waals surface area (Å²) in [7, 11) is 0. The molecule has 1 aromatic rings. The van der Waals surface area contributed by atoms with Gasteiger partial charge < -0.3 is 5.73 Å². The highest BCUT2D eigenvalue weighted by Gasteiger charge is 2.39. The summed E-state index contributed by atoms with van der Waals surface area (Å²) < 4.78 is 0. The van der Waals surface area contributed by atoms with E-state index in [4.69, 9.17) is 5.73 Å². The number of amides is 1. The van der Waals surface area contributed by atoms with Gasteiger partial charge in [-0.15, -0.1) is 0 Å². The summed E-state index contributed by atoms with van der Waals surface area (Å²) in [6.45, 7) is 1.07. The number of rotatable bonds is 3. The van der Waals surface area contributed by atoms with Gasteiger partial charge >= 0.3 is 0 Å².